The summed E-state index contributed by atoms with van der Waals surface area (Å²) in [4.78, 5) is 12.4. The molecule has 3 aromatic carbocycles. The molecule has 4 nitrogen and oxygen atoms in total. The lowest BCUT2D eigenvalue weighted by molar-refractivity contribution is 0.0955. The number of amides is 1. The minimum atomic E-state index is -0.212. The Morgan fingerprint density at radius 3 is 2.57 bits per heavy atom. The average Bonchev–Trinajstić information content (AvgIpc) is 3.30. The molecule has 0 radical (unpaired) electrons. The minimum Gasteiger partial charge on any atom is -0.378 e. The van der Waals surface area contributed by atoms with Gasteiger partial charge < -0.3 is 5.32 Å². The first-order valence-corrected chi connectivity index (χ1v) is 10.3. The molecule has 0 bridgehead atoms. The van der Waals surface area contributed by atoms with E-state index in [-0.39, 0.29) is 11.9 Å². The van der Waals surface area contributed by atoms with Crippen molar-refractivity contribution in [2.24, 2.45) is 11.0 Å². The lowest BCUT2D eigenvalue weighted by atomic mass is 9.77. The van der Waals surface area contributed by atoms with E-state index in [0.29, 0.717) is 17.4 Å². The molecule has 148 valence electrons. The minimum absolute atomic E-state index is 0.212. The standard InChI is InChI=1S/C26H23N3O/c30-26(29-27-17-18-7-2-1-3-8-18)20-15-13-19(14-16-20)25-23-11-6-10-21(23)22-9-4-5-12-24(22)28-25/h1-10,12-17,21,23,25,28H,11H2,(H,29,30)/t21-,23-,25+/m1/s1. The molecule has 0 saturated heterocycles. The SMILES string of the molecule is O=C(NN=Cc1ccccc1)c1ccc([C@@H]2Nc3ccccc3[C@H]3C=CC[C@H]32)cc1. The average molecular weight is 393 g/mol. The van der Waals surface area contributed by atoms with E-state index in [2.05, 4.69) is 64.4 Å². The van der Waals surface area contributed by atoms with Crippen LogP contribution < -0.4 is 10.7 Å². The number of nitrogens with zero attached hydrogens (tertiary/aromatic N) is 1. The summed E-state index contributed by atoms with van der Waals surface area (Å²) >= 11 is 0. The molecular formula is C26H23N3O. The van der Waals surface area contributed by atoms with Crippen LogP contribution in [-0.4, -0.2) is 12.1 Å². The van der Waals surface area contributed by atoms with Crippen LogP contribution in [0.5, 0.6) is 0 Å². The number of carbonyl (C=O) groups is 1. The zero-order chi connectivity index (χ0) is 20.3. The summed E-state index contributed by atoms with van der Waals surface area (Å²) in [5, 5.41) is 7.78. The van der Waals surface area contributed by atoms with Gasteiger partial charge in [0.05, 0.1) is 12.3 Å². The molecule has 3 atom stereocenters. The van der Waals surface area contributed by atoms with E-state index in [1.54, 1.807) is 6.21 Å². The maximum atomic E-state index is 12.4. The molecule has 1 amide bonds. The summed E-state index contributed by atoms with van der Waals surface area (Å²) < 4.78 is 0. The summed E-state index contributed by atoms with van der Waals surface area (Å²) in [6, 6.07) is 26.3. The van der Waals surface area contributed by atoms with Crippen LogP contribution in [0.1, 0.15) is 45.4 Å². The van der Waals surface area contributed by atoms with E-state index in [9.17, 15) is 4.79 Å². The lowest BCUT2D eigenvalue weighted by Gasteiger charge is -2.37. The normalized spacial score (nSPS) is 21.7. The van der Waals surface area contributed by atoms with E-state index in [0.717, 1.165) is 12.0 Å². The Kier molecular flexibility index (Phi) is 4.89. The number of benzene rings is 3. The maximum Gasteiger partial charge on any atom is 0.271 e. The van der Waals surface area contributed by atoms with Gasteiger partial charge in [-0.3, -0.25) is 4.79 Å². The third-order valence-electron chi connectivity index (χ3n) is 5.98. The van der Waals surface area contributed by atoms with Gasteiger partial charge in [0.1, 0.15) is 0 Å². The van der Waals surface area contributed by atoms with Crippen LogP contribution in [0.25, 0.3) is 0 Å². The van der Waals surface area contributed by atoms with Crippen molar-refractivity contribution in [2.45, 2.75) is 18.4 Å². The fourth-order valence-corrected chi connectivity index (χ4v) is 4.48. The Balaban J connectivity index is 1.30. The molecule has 30 heavy (non-hydrogen) atoms. The van der Waals surface area contributed by atoms with Gasteiger partial charge in [-0.05, 0) is 47.2 Å². The molecular weight excluding hydrogens is 370 g/mol. The molecule has 0 unspecified atom stereocenters. The predicted molar refractivity (Wildman–Crippen MR) is 121 cm³/mol. The summed E-state index contributed by atoms with van der Waals surface area (Å²) in [7, 11) is 0. The number of nitrogens with one attached hydrogen (secondary N) is 2. The molecule has 0 fully saturated rings. The highest BCUT2D eigenvalue weighted by molar-refractivity contribution is 5.94. The van der Waals surface area contributed by atoms with Crippen molar-refractivity contribution in [3.63, 3.8) is 0 Å². The van der Waals surface area contributed by atoms with Crippen LogP contribution >= 0.6 is 0 Å². The quantitative estimate of drug-likeness (QED) is 0.360. The van der Waals surface area contributed by atoms with Gasteiger partial charge in [0, 0.05) is 17.2 Å². The molecule has 4 heteroatoms. The van der Waals surface area contributed by atoms with Crippen molar-refractivity contribution in [3.8, 4) is 0 Å². The van der Waals surface area contributed by atoms with Gasteiger partial charge in [0.15, 0.2) is 0 Å². The molecule has 0 saturated carbocycles. The molecule has 1 aliphatic heterocycles. The van der Waals surface area contributed by atoms with Gasteiger partial charge >= 0.3 is 0 Å². The zero-order valence-electron chi connectivity index (χ0n) is 16.5. The topological polar surface area (TPSA) is 53.5 Å². The highest BCUT2D eigenvalue weighted by Crippen LogP contribution is 2.49. The molecule has 1 aliphatic carbocycles. The van der Waals surface area contributed by atoms with Crippen molar-refractivity contribution in [2.75, 3.05) is 5.32 Å². The van der Waals surface area contributed by atoms with Crippen molar-refractivity contribution in [1.82, 2.24) is 5.43 Å². The van der Waals surface area contributed by atoms with E-state index < -0.39 is 0 Å². The highest BCUT2D eigenvalue weighted by Gasteiger charge is 2.37. The van der Waals surface area contributed by atoms with Gasteiger partial charge in [-0.15, -0.1) is 0 Å². The zero-order valence-corrected chi connectivity index (χ0v) is 16.5. The molecule has 5 rings (SSSR count). The summed E-state index contributed by atoms with van der Waals surface area (Å²) in [5.74, 6) is 0.730. The Morgan fingerprint density at radius 2 is 1.73 bits per heavy atom. The lowest BCUT2D eigenvalue weighted by Crippen LogP contribution is -2.29. The highest BCUT2D eigenvalue weighted by atomic mass is 16.2. The fourth-order valence-electron chi connectivity index (χ4n) is 4.48. The van der Waals surface area contributed by atoms with Gasteiger partial charge in [-0.1, -0.05) is 72.8 Å². The number of allylic oxidation sites excluding steroid dienone is 2. The van der Waals surface area contributed by atoms with Crippen LogP contribution in [0, 0.1) is 5.92 Å². The van der Waals surface area contributed by atoms with Crippen LogP contribution in [-0.2, 0) is 0 Å². The number of rotatable bonds is 4. The van der Waals surface area contributed by atoms with E-state index in [1.165, 1.54) is 16.8 Å². The van der Waals surface area contributed by atoms with Crippen LogP contribution in [0.15, 0.2) is 96.1 Å². The molecule has 3 aromatic rings. The number of hydrogen-bond acceptors (Lipinski definition) is 3. The van der Waals surface area contributed by atoms with Gasteiger partial charge in [0.25, 0.3) is 5.91 Å². The van der Waals surface area contributed by atoms with Crippen molar-refractivity contribution in [1.29, 1.82) is 0 Å². The first-order valence-electron chi connectivity index (χ1n) is 10.3. The van der Waals surface area contributed by atoms with E-state index in [1.807, 2.05) is 42.5 Å². The summed E-state index contributed by atoms with van der Waals surface area (Å²) in [6.07, 6.45) is 7.33. The van der Waals surface area contributed by atoms with E-state index in [4.69, 9.17) is 0 Å². The number of para-hydroxylation sites is 1. The predicted octanol–water partition coefficient (Wildman–Crippen LogP) is 5.28. The van der Waals surface area contributed by atoms with Crippen LogP contribution in [0.4, 0.5) is 5.69 Å². The van der Waals surface area contributed by atoms with Crippen LogP contribution in [0.2, 0.25) is 0 Å². The number of fused-ring (bicyclic) bond motifs is 3. The Morgan fingerprint density at radius 1 is 0.967 bits per heavy atom. The Labute approximate surface area is 176 Å². The van der Waals surface area contributed by atoms with E-state index >= 15 is 0 Å². The maximum absolute atomic E-state index is 12.4. The fraction of sp³-hybridized carbons (Fsp3) is 0.154. The van der Waals surface area contributed by atoms with Crippen molar-refractivity contribution in [3.05, 3.63) is 113 Å². The number of carbonyl (C=O) groups excluding carboxylic acids is 1. The van der Waals surface area contributed by atoms with Crippen molar-refractivity contribution >= 4 is 17.8 Å². The van der Waals surface area contributed by atoms with Crippen molar-refractivity contribution < 1.29 is 4.79 Å². The first kappa shape index (κ1) is 18.4. The monoisotopic (exact) mass is 393 g/mol. The smallest absolute Gasteiger partial charge is 0.271 e. The van der Waals surface area contributed by atoms with Gasteiger partial charge in [-0.25, -0.2) is 5.43 Å². The Bertz CT molecular complexity index is 1100. The molecule has 0 aromatic heterocycles. The molecule has 2 N–H and O–H groups in total. The Hall–Kier alpha value is -3.66. The second kappa shape index (κ2) is 7.99. The van der Waals surface area contributed by atoms with Gasteiger partial charge in [0.2, 0.25) is 0 Å². The second-order valence-electron chi connectivity index (χ2n) is 7.79. The number of hydrazone groups is 1. The number of anilines is 1. The third kappa shape index (κ3) is 3.52. The first-order chi connectivity index (χ1) is 14.8. The molecule has 1 heterocycles. The molecule has 0 spiro atoms. The summed E-state index contributed by atoms with van der Waals surface area (Å²) in [6.45, 7) is 0. The van der Waals surface area contributed by atoms with Crippen LogP contribution in [0.3, 0.4) is 0 Å². The van der Waals surface area contributed by atoms with Gasteiger partial charge in [-0.2, -0.15) is 5.10 Å². The second-order valence-corrected chi connectivity index (χ2v) is 7.79. The third-order valence-corrected chi connectivity index (χ3v) is 5.98. The summed E-state index contributed by atoms with van der Waals surface area (Å²) in [5.41, 5.74) is 7.92. The number of hydrogen-bond donors (Lipinski definition) is 2. The molecule has 2 aliphatic rings. The largest absolute Gasteiger partial charge is 0.378 e.